The lowest BCUT2D eigenvalue weighted by Gasteiger charge is -2.08. The Kier molecular flexibility index (Phi) is 4.12. The van der Waals surface area contributed by atoms with Crippen LogP contribution < -0.4 is 0 Å². The highest BCUT2D eigenvalue weighted by molar-refractivity contribution is 8.00. The summed E-state index contributed by atoms with van der Waals surface area (Å²) in [7, 11) is 0. The first-order valence-electron chi connectivity index (χ1n) is 6.77. The maximum Gasteiger partial charge on any atom is 0.317 e. The van der Waals surface area contributed by atoms with Gasteiger partial charge in [-0.05, 0) is 37.6 Å². The predicted molar refractivity (Wildman–Crippen MR) is 86.4 cm³/mol. The molecule has 0 aliphatic rings. The monoisotopic (exact) mass is 334 g/mol. The molecule has 3 aromatic heterocycles. The van der Waals surface area contributed by atoms with Crippen LogP contribution in [0.5, 0.6) is 0 Å². The molecule has 22 heavy (non-hydrogen) atoms. The van der Waals surface area contributed by atoms with Gasteiger partial charge in [0, 0.05) is 4.88 Å². The van der Waals surface area contributed by atoms with Crippen LogP contribution in [0.3, 0.4) is 0 Å². The van der Waals surface area contributed by atoms with Crippen molar-refractivity contribution in [1.29, 1.82) is 0 Å². The van der Waals surface area contributed by atoms with Crippen molar-refractivity contribution in [2.24, 2.45) is 0 Å². The number of rotatable bonds is 5. The first-order valence-corrected chi connectivity index (χ1v) is 8.47. The van der Waals surface area contributed by atoms with Gasteiger partial charge in [0.1, 0.15) is 10.3 Å². The van der Waals surface area contributed by atoms with E-state index < -0.39 is 11.2 Å². The zero-order valence-electron chi connectivity index (χ0n) is 12.1. The molecular formula is C14H14N4O2S2. The Balaban J connectivity index is 1.99. The van der Waals surface area contributed by atoms with E-state index >= 15 is 0 Å². The number of thioether (sulfide) groups is 1. The zero-order chi connectivity index (χ0) is 15.7. The van der Waals surface area contributed by atoms with Crippen molar-refractivity contribution in [3.05, 3.63) is 29.1 Å². The van der Waals surface area contributed by atoms with Crippen molar-refractivity contribution in [1.82, 2.24) is 19.8 Å². The number of fused-ring (bicyclic) bond motifs is 1. The van der Waals surface area contributed by atoms with Crippen LogP contribution in [0.2, 0.25) is 0 Å². The maximum absolute atomic E-state index is 11.2. The standard InChI is InChI=1S/C14H14N4O2S2/c1-3-9(14(19)20)22-12-7-6-11-15-16-13(18(11)17-12)10-5-4-8(2)21-10/h4-7,9H,3H2,1-2H3,(H,19,20). The number of carbonyl (C=O) groups is 1. The predicted octanol–water partition coefficient (Wildman–Crippen LogP) is 3.12. The summed E-state index contributed by atoms with van der Waals surface area (Å²) < 4.78 is 1.67. The molecule has 6 nitrogen and oxygen atoms in total. The number of nitrogens with zero attached hydrogens (tertiary/aromatic N) is 4. The van der Waals surface area contributed by atoms with Gasteiger partial charge in [0.25, 0.3) is 0 Å². The number of aryl methyl sites for hydroxylation is 1. The fourth-order valence-corrected chi connectivity index (χ4v) is 3.67. The minimum atomic E-state index is -0.827. The van der Waals surface area contributed by atoms with E-state index in [-0.39, 0.29) is 0 Å². The minimum absolute atomic E-state index is 0.506. The summed E-state index contributed by atoms with van der Waals surface area (Å²) in [4.78, 5) is 13.3. The Hall–Kier alpha value is -1.93. The van der Waals surface area contributed by atoms with Crippen molar-refractivity contribution in [3.63, 3.8) is 0 Å². The van der Waals surface area contributed by atoms with Gasteiger partial charge in [-0.15, -0.1) is 21.5 Å². The van der Waals surface area contributed by atoms with E-state index in [0.29, 0.717) is 22.9 Å². The van der Waals surface area contributed by atoms with E-state index in [2.05, 4.69) is 15.3 Å². The molecule has 0 saturated heterocycles. The molecule has 0 radical (unpaired) electrons. The van der Waals surface area contributed by atoms with E-state index in [4.69, 9.17) is 5.11 Å². The molecule has 3 aromatic rings. The minimum Gasteiger partial charge on any atom is -0.480 e. The molecule has 1 atom stereocenters. The molecule has 1 unspecified atom stereocenters. The van der Waals surface area contributed by atoms with Gasteiger partial charge < -0.3 is 5.11 Å². The van der Waals surface area contributed by atoms with Gasteiger partial charge in [-0.3, -0.25) is 4.79 Å². The molecule has 1 N–H and O–H groups in total. The van der Waals surface area contributed by atoms with Crippen molar-refractivity contribution >= 4 is 34.7 Å². The van der Waals surface area contributed by atoms with Gasteiger partial charge in [0.2, 0.25) is 0 Å². The molecule has 0 aliphatic heterocycles. The SMILES string of the molecule is CCC(Sc1ccc2nnc(-c3ccc(C)s3)n2n1)C(=O)O. The lowest BCUT2D eigenvalue weighted by Crippen LogP contribution is -2.15. The van der Waals surface area contributed by atoms with Gasteiger partial charge in [-0.1, -0.05) is 18.7 Å². The number of aromatic nitrogens is 4. The van der Waals surface area contributed by atoms with Crippen LogP contribution in [-0.2, 0) is 4.79 Å². The number of carboxylic acid groups (broad SMARTS) is 1. The Labute approximate surface area is 135 Å². The quantitative estimate of drug-likeness (QED) is 0.722. The van der Waals surface area contributed by atoms with Crippen LogP contribution in [0.25, 0.3) is 16.3 Å². The van der Waals surface area contributed by atoms with E-state index in [1.807, 2.05) is 26.0 Å². The summed E-state index contributed by atoms with van der Waals surface area (Å²) in [5, 5.41) is 22.1. The average Bonchev–Trinajstić information content (AvgIpc) is 3.09. The van der Waals surface area contributed by atoms with E-state index in [1.165, 1.54) is 16.6 Å². The molecule has 3 rings (SSSR count). The van der Waals surface area contributed by atoms with Gasteiger partial charge in [0.15, 0.2) is 11.5 Å². The average molecular weight is 334 g/mol. The smallest absolute Gasteiger partial charge is 0.317 e. The second kappa shape index (κ2) is 6.05. The fourth-order valence-electron chi connectivity index (χ4n) is 2.00. The highest BCUT2D eigenvalue weighted by atomic mass is 32.2. The molecular weight excluding hydrogens is 320 g/mol. The van der Waals surface area contributed by atoms with Gasteiger partial charge >= 0.3 is 5.97 Å². The summed E-state index contributed by atoms with van der Waals surface area (Å²) in [6, 6.07) is 7.60. The van der Waals surface area contributed by atoms with Crippen LogP contribution in [0.4, 0.5) is 0 Å². The highest BCUT2D eigenvalue weighted by Gasteiger charge is 2.18. The Morgan fingerprint density at radius 1 is 1.36 bits per heavy atom. The van der Waals surface area contributed by atoms with Crippen molar-refractivity contribution in [2.75, 3.05) is 0 Å². The van der Waals surface area contributed by atoms with E-state index in [1.54, 1.807) is 28.0 Å². The Bertz CT molecular complexity index is 827. The number of hydrogen-bond donors (Lipinski definition) is 1. The first kappa shape index (κ1) is 15.0. The summed E-state index contributed by atoms with van der Waals surface area (Å²) in [6.45, 7) is 3.88. The van der Waals surface area contributed by atoms with Gasteiger partial charge in [0.05, 0.1) is 4.88 Å². The summed E-state index contributed by atoms with van der Waals surface area (Å²) in [6.07, 6.45) is 0.541. The van der Waals surface area contributed by atoms with Gasteiger partial charge in [-0.25, -0.2) is 0 Å². The second-order valence-corrected chi connectivity index (χ2v) is 7.24. The Morgan fingerprint density at radius 3 is 2.82 bits per heavy atom. The molecule has 8 heteroatoms. The number of aliphatic carboxylic acids is 1. The number of carboxylic acids is 1. The first-order chi connectivity index (χ1) is 10.6. The lowest BCUT2D eigenvalue weighted by atomic mass is 10.3. The fraction of sp³-hybridized carbons (Fsp3) is 0.286. The molecule has 0 amide bonds. The van der Waals surface area contributed by atoms with Crippen molar-refractivity contribution in [2.45, 2.75) is 30.5 Å². The summed E-state index contributed by atoms with van der Waals surface area (Å²) >= 11 is 2.87. The third kappa shape index (κ3) is 2.84. The zero-order valence-corrected chi connectivity index (χ0v) is 13.7. The third-order valence-corrected chi connectivity index (χ3v) is 5.38. The molecule has 3 heterocycles. The normalized spacial score (nSPS) is 12.6. The van der Waals surface area contributed by atoms with E-state index in [0.717, 1.165) is 4.88 Å². The summed E-state index contributed by atoms with van der Waals surface area (Å²) in [5.74, 6) is -0.147. The lowest BCUT2D eigenvalue weighted by molar-refractivity contribution is -0.136. The van der Waals surface area contributed by atoms with Crippen LogP contribution >= 0.6 is 23.1 Å². The molecule has 114 valence electrons. The molecule has 0 bridgehead atoms. The van der Waals surface area contributed by atoms with Gasteiger partial charge in [-0.2, -0.15) is 9.61 Å². The highest BCUT2D eigenvalue weighted by Crippen LogP contribution is 2.28. The number of hydrogen-bond acceptors (Lipinski definition) is 6. The second-order valence-electron chi connectivity index (χ2n) is 4.73. The van der Waals surface area contributed by atoms with Crippen LogP contribution in [-0.4, -0.2) is 36.1 Å². The van der Waals surface area contributed by atoms with Crippen molar-refractivity contribution < 1.29 is 9.90 Å². The largest absolute Gasteiger partial charge is 0.480 e. The number of thiophene rings is 1. The molecule has 0 spiro atoms. The van der Waals surface area contributed by atoms with Crippen LogP contribution in [0, 0.1) is 6.92 Å². The van der Waals surface area contributed by atoms with Crippen molar-refractivity contribution in [3.8, 4) is 10.7 Å². The molecule has 0 aliphatic carbocycles. The Morgan fingerprint density at radius 2 is 2.18 bits per heavy atom. The molecule has 0 fully saturated rings. The molecule has 0 saturated carbocycles. The summed E-state index contributed by atoms with van der Waals surface area (Å²) in [5.41, 5.74) is 0.647. The third-order valence-electron chi connectivity index (χ3n) is 3.11. The van der Waals surface area contributed by atoms with Crippen LogP contribution in [0.15, 0.2) is 29.3 Å². The van der Waals surface area contributed by atoms with E-state index in [9.17, 15) is 4.79 Å². The molecule has 0 aromatic carbocycles. The van der Waals surface area contributed by atoms with Crippen LogP contribution in [0.1, 0.15) is 18.2 Å². The topological polar surface area (TPSA) is 80.4 Å². The maximum atomic E-state index is 11.2.